The van der Waals surface area contributed by atoms with Gasteiger partial charge in [0.1, 0.15) is 0 Å². The molecule has 5 heteroatoms. The summed E-state index contributed by atoms with van der Waals surface area (Å²) in [5.41, 5.74) is 0.717. The number of amides is 2. The molecule has 0 spiro atoms. The maximum atomic E-state index is 12.3. The van der Waals surface area contributed by atoms with Gasteiger partial charge < -0.3 is 15.3 Å². The Morgan fingerprint density at radius 1 is 1.30 bits per heavy atom. The minimum atomic E-state index is -0.157. The van der Waals surface area contributed by atoms with E-state index in [1.165, 1.54) is 0 Å². The summed E-state index contributed by atoms with van der Waals surface area (Å²) in [5.74, 6) is 0. The first kappa shape index (κ1) is 16.8. The van der Waals surface area contributed by atoms with E-state index in [9.17, 15) is 4.79 Å². The molecule has 0 aliphatic rings. The number of nitrogens with zero attached hydrogens (tertiary/aromatic N) is 1. The Morgan fingerprint density at radius 2 is 1.90 bits per heavy atom. The van der Waals surface area contributed by atoms with Crippen LogP contribution in [-0.2, 0) is 0 Å². The molecule has 1 aromatic carbocycles. The fourth-order valence-corrected chi connectivity index (χ4v) is 1.95. The van der Waals surface area contributed by atoms with Crippen molar-refractivity contribution < 1.29 is 9.90 Å². The number of hydrogen-bond acceptors (Lipinski definition) is 2. The molecule has 0 fully saturated rings. The van der Waals surface area contributed by atoms with Crippen LogP contribution in [0.15, 0.2) is 24.3 Å². The predicted octanol–water partition coefficient (Wildman–Crippen LogP) is 3.60. The summed E-state index contributed by atoms with van der Waals surface area (Å²) < 4.78 is 0. The van der Waals surface area contributed by atoms with Crippen LogP contribution in [0.3, 0.4) is 0 Å². The van der Waals surface area contributed by atoms with Gasteiger partial charge in [-0.15, -0.1) is 0 Å². The average molecular weight is 299 g/mol. The number of aliphatic hydroxyl groups is 1. The maximum absolute atomic E-state index is 12.3. The summed E-state index contributed by atoms with van der Waals surface area (Å²) >= 11 is 5.82. The van der Waals surface area contributed by atoms with Gasteiger partial charge >= 0.3 is 6.03 Å². The molecule has 0 saturated heterocycles. The maximum Gasteiger partial charge on any atom is 0.321 e. The van der Waals surface area contributed by atoms with Crippen LogP contribution in [0, 0.1) is 5.41 Å². The standard InChI is InChI=1S/C15H23ClN2O2/c1-15(2,3)11-18(9-4-10-19)14(20)17-13-7-5-12(16)6-8-13/h5-8,19H,4,9-11H2,1-3H3,(H,17,20). The molecule has 2 N–H and O–H groups in total. The van der Waals surface area contributed by atoms with Gasteiger partial charge in [-0.3, -0.25) is 0 Å². The Morgan fingerprint density at radius 3 is 2.40 bits per heavy atom. The van der Waals surface area contributed by atoms with Crippen LogP contribution in [-0.4, -0.2) is 35.7 Å². The van der Waals surface area contributed by atoms with Gasteiger partial charge in [0, 0.05) is 30.4 Å². The highest BCUT2D eigenvalue weighted by atomic mass is 35.5. The summed E-state index contributed by atoms with van der Waals surface area (Å²) in [5, 5.41) is 12.4. The van der Waals surface area contributed by atoms with Crippen molar-refractivity contribution in [1.29, 1.82) is 0 Å². The zero-order valence-electron chi connectivity index (χ0n) is 12.3. The normalized spacial score (nSPS) is 11.2. The topological polar surface area (TPSA) is 52.6 Å². The van der Waals surface area contributed by atoms with Crippen molar-refractivity contribution in [3.8, 4) is 0 Å². The fourth-order valence-electron chi connectivity index (χ4n) is 1.82. The van der Waals surface area contributed by atoms with Gasteiger partial charge in [-0.25, -0.2) is 4.79 Å². The number of urea groups is 1. The van der Waals surface area contributed by atoms with E-state index in [1.807, 2.05) is 0 Å². The van der Waals surface area contributed by atoms with E-state index in [-0.39, 0.29) is 18.1 Å². The highest BCUT2D eigenvalue weighted by Gasteiger charge is 2.20. The molecule has 0 heterocycles. The number of aliphatic hydroxyl groups excluding tert-OH is 1. The zero-order valence-corrected chi connectivity index (χ0v) is 13.1. The minimum absolute atomic E-state index is 0.00674. The zero-order chi connectivity index (χ0) is 15.2. The highest BCUT2D eigenvalue weighted by Crippen LogP contribution is 2.18. The van der Waals surface area contributed by atoms with E-state index in [0.717, 1.165) is 0 Å². The van der Waals surface area contributed by atoms with Gasteiger partial charge in [-0.05, 0) is 36.1 Å². The van der Waals surface area contributed by atoms with Crippen molar-refractivity contribution in [3.63, 3.8) is 0 Å². The molecular weight excluding hydrogens is 276 g/mol. The number of benzene rings is 1. The Labute approximate surface area is 125 Å². The molecule has 0 aromatic heterocycles. The molecule has 1 rings (SSSR count). The lowest BCUT2D eigenvalue weighted by atomic mass is 9.96. The first-order valence-electron chi connectivity index (χ1n) is 6.74. The Kier molecular flexibility index (Phi) is 6.30. The molecule has 0 aliphatic carbocycles. The largest absolute Gasteiger partial charge is 0.396 e. The predicted molar refractivity (Wildman–Crippen MR) is 83.2 cm³/mol. The molecule has 0 atom stereocenters. The van der Waals surface area contributed by atoms with Gasteiger partial charge in [-0.2, -0.15) is 0 Å². The van der Waals surface area contributed by atoms with Gasteiger partial charge in [0.05, 0.1) is 0 Å². The first-order chi connectivity index (χ1) is 9.31. The van der Waals surface area contributed by atoms with Crippen molar-refractivity contribution >= 4 is 23.3 Å². The second kappa shape index (κ2) is 7.50. The van der Waals surface area contributed by atoms with Crippen LogP contribution in [0.5, 0.6) is 0 Å². The van der Waals surface area contributed by atoms with Crippen molar-refractivity contribution in [2.75, 3.05) is 25.0 Å². The van der Waals surface area contributed by atoms with E-state index < -0.39 is 0 Å². The van der Waals surface area contributed by atoms with Crippen molar-refractivity contribution in [2.24, 2.45) is 5.41 Å². The Hall–Kier alpha value is -1.26. The lowest BCUT2D eigenvalue weighted by Gasteiger charge is -2.30. The smallest absolute Gasteiger partial charge is 0.321 e. The third kappa shape index (κ3) is 6.26. The van der Waals surface area contributed by atoms with E-state index in [2.05, 4.69) is 26.1 Å². The van der Waals surface area contributed by atoms with Gasteiger partial charge in [0.25, 0.3) is 0 Å². The monoisotopic (exact) mass is 298 g/mol. The van der Waals surface area contributed by atoms with Gasteiger partial charge in [-0.1, -0.05) is 32.4 Å². The molecule has 0 radical (unpaired) electrons. The van der Waals surface area contributed by atoms with Gasteiger partial charge in [0.2, 0.25) is 0 Å². The number of rotatable bonds is 5. The second-order valence-corrected chi connectivity index (χ2v) is 6.43. The molecule has 4 nitrogen and oxygen atoms in total. The summed E-state index contributed by atoms with van der Waals surface area (Å²) in [4.78, 5) is 14.0. The number of hydrogen-bond donors (Lipinski definition) is 2. The van der Waals surface area contributed by atoms with Crippen molar-refractivity contribution in [2.45, 2.75) is 27.2 Å². The van der Waals surface area contributed by atoms with E-state index in [4.69, 9.17) is 16.7 Å². The van der Waals surface area contributed by atoms with Gasteiger partial charge in [0.15, 0.2) is 0 Å². The lowest BCUT2D eigenvalue weighted by Crippen LogP contribution is -2.41. The number of carbonyl (C=O) groups is 1. The van der Waals surface area contributed by atoms with Crippen LogP contribution in [0.4, 0.5) is 10.5 Å². The minimum Gasteiger partial charge on any atom is -0.396 e. The van der Waals surface area contributed by atoms with E-state index >= 15 is 0 Å². The summed E-state index contributed by atoms with van der Waals surface area (Å²) in [7, 11) is 0. The third-order valence-electron chi connectivity index (χ3n) is 2.63. The quantitative estimate of drug-likeness (QED) is 0.872. The van der Waals surface area contributed by atoms with Crippen molar-refractivity contribution in [3.05, 3.63) is 29.3 Å². The molecule has 112 valence electrons. The Bertz CT molecular complexity index is 426. The lowest BCUT2D eigenvalue weighted by molar-refractivity contribution is 0.176. The van der Waals surface area contributed by atoms with E-state index in [0.29, 0.717) is 30.2 Å². The fraction of sp³-hybridized carbons (Fsp3) is 0.533. The Balaban J connectivity index is 2.69. The molecule has 1 aromatic rings. The van der Waals surface area contributed by atoms with Crippen molar-refractivity contribution in [1.82, 2.24) is 4.90 Å². The third-order valence-corrected chi connectivity index (χ3v) is 2.89. The number of nitrogens with one attached hydrogen (secondary N) is 1. The second-order valence-electron chi connectivity index (χ2n) is 6.00. The van der Waals surface area contributed by atoms with Crippen LogP contribution in [0.1, 0.15) is 27.2 Å². The van der Waals surface area contributed by atoms with Crippen LogP contribution in [0.25, 0.3) is 0 Å². The molecule has 20 heavy (non-hydrogen) atoms. The molecule has 0 aliphatic heterocycles. The molecular formula is C15H23ClN2O2. The average Bonchev–Trinajstić information content (AvgIpc) is 2.36. The summed E-state index contributed by atoms with van der Waals surface area (Å²) in [6.45, 7) is 7.48. The van der Waals surface area contributed by atoms with Crippen LogP contribution >= 0.6 is 11.6 Å². The van der Waals surface area contributed by atoms with Crippen LogP contribution in [0.2, 0.25) is 5.02 Å². The van der Waals surface area contributed by atoms with Crippen LogP contribution < -0.4 is 5.32 Å². The molecule has 0 saturated carbocycles. The molecule has 0 unspecified atom stereocenters. The SMILES string of the molecule is CC(C)(C)CN(CCCO)C(=O)Nc1ccc(Cl)cc1. The summed E-state index contributed by atoms with van der Waals surface area (Å²) in [6.07, 6.45) is 0.574. The number of anilines is 1. The number of carbonyl (C=O) groups excluding carboxylic acids is 1. The van der Waals surface area contributed by atoms with E-state index in [1.54, 1.807) is 29.2 Å². The number of halogens is 1. The highest BCUT2D eigenvalue weighted by molar-refractivity contribution is 6.30. The summed E-state index contributed by atoms with van der Waals surface area (Å²) in [6, 6.07) is 6.84. The first-order valence-corrected chi connectivity index (χ1v) is 7.12. The molecule has 2 amide bonds. The molecule has 0 bridgehead atoms.